The van der Waals surface area contributed by atoms with Crippen molar-refractivity contribution in [2.24, 2.45) is 12.0 Å². The lowest BCUT2D eigenvalue weighted by Gasteiger charge is -2.27. The molecule has 2 aliphatic heterocycles. The Morgan fingerprint density at radius 1 is 1.23 bits per heavy atom. The number of aliphatic imine (C=N–C) groups is 1. The van der Waals surface area contributed by atoms with Crippen LogP contribution < -0.4 is 10.2 Å². The van der Waals surface area contributed by atoms with Gasteiger partial charge in [-0.3, -0.25) is 4.68 Å². The molecular weight excluding hydrogens is 489 g/mol. The van der Waals surface area contributed by atoms with Gasteiger partial charge in [0.2, 0.25) is 0 Å². The third-order valence-electron chi connectivity index (χ3n) is 5.92. The fourth-order valence-electron chi connectivity index (χ4n) is 4.32. The van der Waals surface area contributed by atoms with Gasteiger partial charge in [-0.15, -0.1) is 24.0 Å². The van der Waals surface area contributed by atoms with Crippen LogP contribution in [-0.4, -0.2) is 58.3 Å². The van der Waals surface area contributed by atoms with Gasteiger partial charge in [0, 0.05) is 58.1 Å². The maximum absolute atomic E-state index is 4.95. The van der Waals surface area contributed by atoms with Crippen molar-refractivity contribution < 1.29 is 0 Å². The lowest BCUT2D eigenvalue weighted by atomic mass is 10.0. The summed E-state index contributed by atoms with van der Waals surface area (Å²) < 4.78 is 1.89. The second kappa shape index (κ2) is 11.0. The van der Waals surface area contributed by atoms with Crippen LogP contribution in [0, 0.1) is 0 Å². The van der Waals surface area contributed by atoms with Gasteiger partial charge in [0.05, 0.1) is 12.7 Å². The zero-order valence-electron chi connectivity index (χ0n) is 18.1. The van der Waals surface area contributed by atoms with E-state index in [4.69, 9.17) is 4.99 Å². The van der Waals surface area contributed by atoms with Crippen molar-refractivity contribution in [2.75, 3.05) is 37.6 Å². The van der Waals surface area contributed by atoms with Crippen LogP contribution in [-0.2, 0) is 13.6 Å². The number of anilines is 1. The number of nitrogens with zero attached hydrogens (tertiary/aromatic N) is 6. The molecule has 1 unspecified atom stereocenters. The number of hydrogen-bond donors (Lipinski definition) is 1. The first-order valence-electron chi connectivity index (χ1n) is 10.9. The van der Waals surface area contributed by atoms with Gasteiger partial charge in [-0.2, -0.15) is 5.10 Å². The highest BCUT2D eigenvalue weighted by Crippen LogP contribution is 2.27. The number of rotatable bonds is 5. The zero-order chi connectivity index (χ0) is 20.1. The molecule has 2 saturated heterocycles. The van der Waals surface area contributed by atoms with Crippen LogP contribution >= 0.6 is 24.0 Å². The third kappa shape index (κ3) is 5.65. The monoisotopic (exact) mass is 523 g/mol. The van der Waals surface area contributed by atoms with E-state index in [9.17, 15) is 0 Å². The molecule has 0 radical (unpaired) electrons. The Morgan fingerprint density at radius 3 is 2.80 bits per heavy atom. The standard InChI is InChI=1S/C22H33N7.HI/c1-3-23-22(29-12-8-19(17-29)20-15-26-27(2)16-20)25-14-18-7-9-24-21(13-18)28-10-5-4-6-11-28;/h7,9,13,15-16,19H,3-6,8,10-12,14,17H2,1-2H3,(H,23,25);1H. The summed E-state index contributed by atoms with van der Waals surface area (Å²) in [5.41, 5.74) is 2.55. The first-order chi connectivity index (χ1) is 14.2. The number of likely N-dealkylation sites (tertiary alicyclic amines) is 1. The highest BCUT2D eigenvalue weighted by atomic mass is 127. The largest absolute Gasteiger partial charge is 0.357 e. The van der Waals surface area contributed by atoms with Crippen LogP contribution in [0.2, 0.25) is 0 Å². The Morgan fingerprint density at radius 2 is 2.07 bits per heavy atom. The van der Waals surface area contributed by atoms with E-state index in [1.54, 1.807) is 0 Å². The third-order valence-corrected chi connectivity index (χ3v) is 5.92. The van der Waals surface area contributed by atoms with Crippen LogP contribution in [0.3, 0.4) is 0 Å². The molecule has 164 valence electrons. The van der Waals surface area contributed by atoms with Gasteiger partial charge in [-0.1, -0.05) is 0 Å². The molecule has 2 fully saturated rings. The van der Waals surface area contributed by atoms with E-state index >= 15 is 0 Å². The maximum atomic E-state index is 4.95. The molecule has 0 bridgehead atoms. The van der Waals surface area contributed by atoms with Gasteiger partial charge in [0.15, 0.2) is 5.96 Å². The highest BCUT2D eigenvalue weighted by molar-refractivity contribution is 14.0. The summed E-state index contributed by atoms with van der Waals surface area (Å²) in [5.74, 6) is 2.63. The lowest BCUT2D eigenvalue weighted by Crippen LogP contribution is -2.40. The average Bonchev–Trinajstić information content (AvgIpc) is 3.41. The molecule has 30 heavy (non-hydrogen) atoms. The topological polar surface area (TPSA) is 61.6 Å². The molecule has 4 rings (SSSR count). The number of nitrogens with one attached hydrogen (secondary N) is 1. The van der Waals surface area contributed by atoms with Gasteiger partial charge in [-0.05, 0) is 55.9 Å². The Bertz CT molecular complexity index is 828. The van der Waals surface area contributed by atoms with Crippen molar-refractivity contribution in [1.82, 2.24) is 25.0 Å². The molecular formula is C22H34IN7. The first-order valence-corrected chi connectivity index (χ1v) is 10.9. The Hall–Kier alpha value is -1.84. The Labute approximate surface area is 197 Å². The minimum atomic E-state index is 0. The van der Waals surface area contributed by atoms with E-state index in [1.165, 1.54) is 30.4 Å². The van der Waals surface area contributed by atoms with E-state index in [0.717, 1.165) is 50.9 Å². The lowest BCUT2D eigenvalue weighted by molar-refractivity contribution is 0.486. The summed E-state index contributed by atoms with van der Waals surface area (Å²) in [4.78, 5) is 14.3. The molecule has 0 spiro atoms. The quantitative estimate of drug-likeness (QED) is 0.370. The van der Waals surface area contributed by atoms with Gasteiger partial charge >= 0.3 is 0 Å². The number of piperidine rings is 1. The molecule has 0 amide bonds. The second-order valence-electron chi connectivity index (χ2n) is 8.12. The Kier molecular flexibility index (Phi) is 8.35. The van der Waals surface area contributed by atoms with Gasteiger partial charge in [0.25, 0.3) is 0 Å². The van der Waals surface area contributed by atoms with E-state index < -0.39 is 0 Å². The molecule has 2 aromatic heterocycles. The van der Waals surface area contributed by atoms with Crippen molar-refractivity contribution >= 4 is 35.8 Å². The molecule has 0 aliphatic carbocycles. The van der Waals surface area contributed by atoms with Crippen LogP contribution in [0.1, 0.15) is 49.7 Å². The highest BCUT2D eigenvalue weighted by Gasteiger charge is 2.26. The number of hydrogen-bond acceptors (Lipinski definition) is 4. The molecule has 0 saturated carbocycles. The van der Waals surface area contributed by atoms with E-state index in [-0.39, 0.29) is 24.0 Å². The summed E-state index contributed by atoms with van der Waals surface area (Å²) in [6.07, 6.45) is 11.1. The molecule has 1 atom stereocenters. The predicted molar refractivity (Wildman–Crippen MR) is 133 cm³/mol. The zero-order valence-corrected chi connectivity index (χ0v) is 20.5. The van der Waals surface area contributed by atoms with E-state index in [2.05, 4.69) is 50.5 Å². The molecule has 8 heteroatoms. The van der Waals surface area contributed by atoms with E-state index in [0.29, 0.717) is 12.5 Å². The van der Waals surface area contributed by atoms with Crippen molar-refractivity contribution in [3.63, 3.8) is 0 Å². The summed E-state index contributed by atoms with van der Waals surface area (Å²) in [6.45, 7) is 7.94. The van der Waals surface area contributed by atoms with Crippen LogP contribution in [0.25, 0.3) is 0 Å². The summed E-state index contributed by atoms with van der Waals surface area (Å²) in [6, 6.07) is 4.30. The average molecular weight is 523 g/mol. The smallest absolute Gasteiger partial charge is 0.194 e. The minimum Gasteiger partial charge on any atom is -0.357 e. The SMILES string of the molecule is CCNC(=NCc1ccnc(N2CCCCC2)c1)N1CCC(c2cnn(C)c2)C1.I. The molecule has 2 aliphatic rings. The van der Waals surface area contributed by atoms with Crippen LogP contribution in [0.4, 0.5) is 5.82 Å². The summed E-state index contributed by atoms with van der Waals surface area (Å²) >= 11 is 0. The Balaban J connectivity index is 0.00000256. The molecule has 7 nitrogen and oxygen atoms in total. The van der Waals surface area contributed by atoms with Gasteiger partial charge in [0.1, 0.15) is 5.82 Å². The first kappa shape index (κ1) is 22.8. The number of pyridine rings is 1. The summed E-state index contributed by atoms with van der Waals surface area (Å²) in [7, 11) is 1.98. The van der Waals surface area contributed by atoms with Gasteiger partial charge < -0.3 is 15.1 Å². The predicted octanol–water partition coefficient (Wildman–Crippen LogP) is 3.38. The van der Waals surface area contributed by atoms with Crippen molar-refractivity contribution in [3.8, 4) is 0 Å². The molecule has 1 N–H and O–H groups in total. The molecule has 2 aromatic rings. The number of guanidine groups is 1. The fourth-order valence-corrected chi connectivity index (χ4v) is 4.32. The van der Waals surface area contributed by atoms with Gasteiger partial charge in [-0.25, -0.2) is 9.98 Å². The van der Waals surface area contributed by atoms with Crippen LogP contribution in [0.15, 0.2) is 35.7 Å². The fraction of sp³-hybridized carbons (Fsp3) is 0.591. The second-order valence-corrected chi connectivity index (χ2v) is 8.12. The number of aromatic nitrogens is 3. The van der Waals surface area contributed by atoms with E-state index in [1.807, 2.05) is 24.1 Å². The number of halogens is 1. The normalized spacial score (nSPS) is 19.7. The van der Waals surface area contributed by atoms with Crippen molar-refractivity contribution in [3.05, 3.63) is 41.9 Å². The molecule has 4 heterocycles. The van der Waals surface area contributed by atoms with Crippen molar-refractivity contribution in [1.29, 1.82) is 0 Å². The van der Waals surface area contributed by atoms with Crippen molar-refractivity contribution in [2.45, 2.75) is 45.1 Å². The molecule has 0 aromatic carbocycles. The number of aryl methyl sites for hydroxylation is 1. The summed E-state index contributed by atoms with van der Waals surface area (Å²) in [5, 5.41) is 7.81. The maximum Gasteiger partial charge on any atom is 0.194 e. The van der Waals surface area contributed by atoms with Crippen LogP contribution in [0.5, 0.6) is 0 Å². The minimum absolute atomic E-state index is 0.